The Labute approximate surface area is 98.7 Å². The Morgan fingerprint density at radius 1 is 1.19 bits per heavy atom. The largest absolute Gasteiger partial charge is 0.370 e. The van der Waals surface area contributed by atoms with E-state index in [0.717, 1.165) is 31.7 Å². The number of likely N-dealkylation sites (tertiary alicyclic amines) is 1. The quantitative estimate of drug-likeness (QED) is 0.665. The van der Waals surface area contributed by atoms with E-state index in [-0.39, 0.29) is 5.60 Å². The van der Waals surface area contributed by atoms with Crippen LogP contribution in [0.15, 0.2) is 0 Å². The molecule has 2 heterocycles. The molecule has 2 saturated heterocycles. The summed E-state index contributed by atoms with van der Waals surface area (Å²) in [6.45, 7) is 7.89. The summed E-state index contributed by atoms with van der Waals surface area (Å²) in [6, 6.07) is 0.858. The van der Waals surface area contributed by atoms with Crippen LogP contribution in [-0.2, 0) is 4.74 Å². The van der Waals surface area contributed by atoms with Crippen LogP contribution < -0.4 is 0 Å². The van der Waals surface area contributed by atoms with Gasteiger partial charge in [0, 0.05) is 32.2 Å². The van der Waals surface area contributed by atoms with E-state index in [1.165, 1.54) is 32.4 Å². The molecule has 0 aromatic rings. The highest BCUT2D eigenvalue weighted by molar-refractivity contribution is 5.03. The maximum atomic E-state index is 6.01. The summed E-state index contributed by atoms with van der Waals surface area (Å²) in [6.07, 6.45) is 4.24. The number of hydrogen-bond donors (Lipinski definition) is 0. The first-order valence-electron chi connectivity index (χ1n) is 6.73. The lowest BCUT2D eigenvalue weighted by molar-refractivity contribution is -0.189. The molecule has 3 aliphatic rings. The second kappa shape index (κ2) is 3.97. The Hall–Kier alpha value is -0.120. The molecule has 3 nitrogen and oxygen atoms in total. The van der Waals surface area contributed by atoms with E-state index in [0.29, 0.717) is 0 Å². The van der Waals surface area contributed by atoms with Crippen molar-refractivity contribution in [3.8, 4) is 0 Å². The fourth-order valence-electron chi connectivity index (χ4n) is 3.69. The van der Waals surface area contributed by atoms with Crippen LogP contribution in [0.1, 0.15) is 26.2 Å². The third-order valence-electron chi connectivity index (χ3n) is 4.61. The van der Waals surface area contributed by atoms with Gasteiger partial charge in [0.1, 0.15) is 5.60 Å². The van der Waals surface area contributed by atoms with Crippen LogP contribution in [0, 0.1) is 5.92 Å². The van der Waals surface area contributed by atoms with Crippen LogP contribution >= 0.6 is 0 Å². The molecule has 3 fully saturated rings. The van der Waals surface area contributed by atoms with Gasteiger partial charge in [-0.3, -0.25) is 4.90 Å². The first kappa shape index (κ1) is 11.0. The Kier molecular flexibility index (Phi) is 2.73. The SMILES string of the molecule is CC1CC[C@@H](N2CC3(CN(C)CCO3)C2)C1. The highest BCUT2D eigenvalue weighted by Crippen LogP contribution is 2.36. The second-order valence-electron chi connectivity index (χ2n) is 6.25. The molecule has 3 rings (SSSR count). The molecule has 92 valence electrons. The van der Waals surface area contributed by atoms with Gasteiger partial charge >= 0.3 is 0 Å². The summed E-state index contributed by atoms with van der Waals surface area (Å²) in [5, 5.41) is 0. The molecule has 1 unspecified atom stereocenters. The minimum Gasteiger partial charge on any atom is -0.370 e. The summed E-state index contributed by atoms with van der Waals surface area (Å²) in [5.74, 6) is 0.941. The smallest absolute Gasteiger partial charge is 0.106 e. The molecule has 16 heavy (non-hydrogen) atoms. The summed E-state index contributed by atoms with van der Waals surface area (Å²) < 4.78 is 6.01. The van der Waals surface area contributed by atoms with E-state index in [9.17, 15) is 0 Å². The van der Waals surface area contributed by atoms with Gasteiger partial charge in [0.15, 0.2) is 0 Å². The highest BCUT2D eigenvalue weighted by Gasteiger charge is 2.49. The average Bonchev–Trinajstić information content (AvgIpc) is 2.61. The zero-order valence-electron chi connectivity index (χ0n) is 10.6. The maximum Gasteiger partial charge on any atom is 0.106 e. The minimum atomic E-state index is 0.193. The number of morpholine rings is 1. The highest BCUT2D eigenvalue weighted by atomic mass is 16.5. The molecule has 0 amide bonds. The van der Waals surface area contributed by atoms with Gasteiger partial charge in [-0.1, -0.05) is 6.92 Å². The summed E-state index contributed by atoms with van der Waals surface area (Å²) in [7, 11) is 2.21. The lowest BCUT2D eigenvalue weighted by Gasteiger charge is -2.55. The van der Waals surface area contributed by atoms with Crippen molar-refractivity contribution in [2.45, 2.75) is 37.8 Å². The number of likely N-dealkylation sites (N-methyl/N-ethyl adjacent to an activating group) is 1. The predicted octanol–water partition coefficient (Wildman–Crippen LogP) is 1.19. The van der Waals surface area contributed by atoms with E-state index >= 15 is 0 Å². The van der Waals surface area contributed by atoms with Gasteiger partial charge in [-0.25, -0.2) is 0 Å². The van der Waals surface area contributed by atoms with E-state index in [2.05, 4.69) is 23.8 Å². The zero-order valence-corrected chi connectivity index (χ0v) is 10.6. The number of nitrogens with zero attached hydrogens (tertiary/aromatic N) is 2. The van der Waals surface area contributed by atoms with Crippen LogP contribution in [0.3, 0.4) is 0 Å². The van der Waals surface area contributed by atoms with Crippen molar-refractivity contribution in [2.75, 3.05) is 39.8 Å². The summed E-state index contributed by atoms with van der Waals surface area (Å²) >= 11 is 0. The Morgan fingerprint density at radius 3 is 2.62 bits per heavy atom. The molecule has 0 aromatic carbocycles. The molecule has 2 aliphatic heterocycles. The van der Waals surface area contributed by atoms with Gasteiger partial charge in [0.2, 0.25) is 0 Å². The third-order valence-corrected chi connectivity index (χ3v) is 4.61. The van der Waals surface area contributed by atoms with Crippen LogP contribution in [0.4, 0.5) is 0 Å². The fraction of sp³-hybridized carbons (Fsp3) is 1.00. The lowest BCUT2D eigenvalue weighted by Crippen LogP contribution is -2.71. The second-order valence-corrected chi connectivity index (χ2v) is 6.25. The van der Waals surface area contributed by atoms with Gasteiger partial charge in [0.05, 0.1) is 6.61 Å². The summed E-state index contributed by atoms with van der Waals surface area (Å²) in [4.78, 5) is 5.07. The van der Waals surface area contributed by atoms with Crippen LogP contribution in [0.2, 0.25) is 0 Å². The van der Waals surface area contributed by atoms with Gasteiger partial charge in [-0.05, 0) is 32.2 Å². The molecule has 2 atom stereocenters. The van der Waals surface area contributed by atoms with Crippen molar-refractivity contribution in [2.24, 2.45) is 5.92 Å². The van der Waals surface area contributed by atoms with E-state index < -0.39 is 0 Å². The van der Waals surface area contributed by atoms with Crippen molar-refractivity contribution < 1.29 is 4.74 Å². The summed E-state index contributed by atoms with van der Waals surface area (Å²) in [5.41, 5.74) is 0.193. The van der Waals surface area contributed by atoms with Gasteiger partial charge in [0.25, 0.3) is 0 Å². The van der Waals surface area contributed by atoms with Crippen molar-refractivity contribution >= 4 is 0 Å². The van der Waals surface area contributed by atoms with E-state index in [4.69, 9.17) is 4.74 Å². The van der Waals surface area contributed by atoms with Crippen LogP contribution in [0.5, 0.6) is 0 Å². The topological polar surface area (TPSA) is 15.7 Å². The average molecular weight is 224 g/mol. The molecular formula is C13H24N2O. The molecule has 3 heteroatoms. The minimum absolute atomic E-state index is 0.193. The molecule has 0 aromatic heterocycles. The third kappa shape index (κ3) is 1.89. The molecule has 0 N–H and O–H groups in total. The van der Waals surface area contributed by atoms with Crippen molar-refractivity contribution in [3.63, 3.8) is 0 Å². The normalized spacial score (nSPS) is 40.1. The Bertz CT molecular complexity index is 263. The first-order chi connectivity index (χ1) is 7.67. The van der Waals surface area contributed by atoms with Crippen LogP contribution in [0.25, 0.3) is 0 Å². The van der Waals surface area contributed by atoms with E-state index in [1.807, 2.05) is 0 Å². The molecule has 1 saturated carbocycles. The predicted molar refractivity (Wildman–Crippen MR) is 64.6 cm³/mol. The number of hydrogen-bond acceptors (Lipinski definition) is 3. The molecule has 0 radical (unpaired) electrons. The number of rotatable bonds is 1. The molecule has 1 aliphatic carbocycles. The van der Waals surface area contributed by atoms with E-state index in [1.54, 1.807) is 0 Å². The van der Waals surface area contributed by atoms with Crippen molar-refractivity contribution in [1.29, 1.82) is 0 Å². The zero-order chi connectivity index (χ0) is 11.2. The van der Waals surface area contributed by atoms with Crippen molar-refractivity contribution in [1.82, 2.24) is 9.80 Å². The fourth-order valence-corrected chi connectivity index (χ4v) is 3.69. The standard InChI is InChI=1S/C13H24N2O/c1-11-3-4-12(7-11)15-9-13(10-15)8-14(2)5-6-16-13/h11-12H,3-10H2,1-2H3/t11?,12-/m1/s1. The Balaban J connectivity index is 1.53. The first-order valence-corrected chi connectivity index (χ1v) is 6.73. The molecular weight excluding hydrogens is 200 g/mol. The number of ether oxygens (including phenoxy) is 1. The maximum absolute atomic E-state index is 6.01. The van der Waals surface area contributed by atoms with Gasteiger partial charge in [-0.2, -0.15) is 0 Å². The van der Waals surface area contributed by atoms with Gasteiger partial charge < -0.3 is 9.64 Å². The molecule has 1 spiro atoms. The van der Waals surface area contributed by atoms with Gasteiger partial charge in [-0.15, -0.1) is 0 Å². The van der Waals surface area contributed by atoms with Crippen molar-refractivity contribution in [3.05, 3.63) is 0 Å². The molecule has 0 bridgehead atoms. The monoisotopic (exact) mass is 224 g/mol. The Morgan fingerprint density at radius 2 is 2.00 bits per heavy atom. The van der Waals surface area contributed by atoms with Crippen LogP contribution in [-0.4, -0.2) is 61.3 Å². The lowest BCUT2D eigenvalue weighted by atomic mass is 9.89.